The molecule has 4 atom stereocenters. The lowest BCUT2D eigenvalue weighted by atomic mass is 9.78. The molecule has 1 saturated heterocycles. The fourth-order valence-corrected chi connectivity index (χ4v) is 7.69. The van der Waals surface area contributed by atoms with Gasteiger partial charge in [0, 0.05) is 26.8 Å². The Morgan fingerprint density at radius 2 is 1.35 bits per heavy atom. The highest BCUT2D eigenvalue weighted by molar-refractivity contribution is 7.10. The van der Waals surface area contributed by atoms with Gasteiger partial charge in [0.25, 0.3) is 5.91 Å². The average Bonchev–Trinajstić information content (AvgIpc) is 3.60. The number of amides is 1. The first kappa shape index (κ1) is 25.1. The summed E-state index contributed by atoms with van der Waals surface area (Å²) in [7, 11) is 0. The van der Waals surface area contributed by atoms with Crippen LogP contribution in [0, 0.1) is 26.7 Å². The predicted octanol–water partition coefficient (Wildman–Crippen LogP) is 6.67. The van der Waals surface area contributed by atoms with Gasteiger partial charge >= 0.3 is 5.97 Å². The monoisotopic (exact) mass is 529 g/mol. The van der Waals surface area contributed by atoms with E-state index in [2.05, 4.69) is 0 Å². The van der Waals surface area contributed by atoms with Crippen molar-refractivity contribution in [3.8, 4) is 0 Å². The molecule has 1 fully saturated rings. The van der Waals surface area contributed by atoms with Crippen molar-refractivity contribution in [3.63, 3.8) is 0 Å². The van der Waals surface area contributed by atoms with Gasteiger partial charge in [0.1, 0.15) is 6.04 Å². The molecule has 0 aliphatic carbocycles. The van der Waals surface area contributed by atoms with E-state index in [1.807, 2.05) is 67.9 Å². The molecule has 0 spiro atoms. The second-order valence-electron chi connectivity index (χ2n) is 9.47. The van der Waals surface area contributed by atoms with Gasteiger partial charge in [0.2, 0.25) is 0 Å². The highest BCUT2D eigenvalue weighted by Gasteiger charge is 2.59. The zero-order valence-corrected chi connectivity index (χ0v) is 22.4. The van der Waals surface area contributed by atoms with Crippen LogP contribution >= 0.6 is 22.7 Å². The van der Waals surface area contributed by atoms with Gasteiger partial charge in [0.05, 0.1) is 12.0 Å². The highest BCUT2D eigenvalue weighted by Crippen LogP contribution is 2.54. The van der Waals surface area contributed by atoms with E-state index in [9.17, 15) is 19.5 Å². The molecule has 188 valence electrons. The molecule has 5 nitrogen and oxygen atoms in total. The number of aryl methyl sites for hydroxylation is 3. The molecule has 5 rings (SSSR count). The summed E-state index contributed by atoms with van der Waals surface area (Å²) in [5.41, 5.74) is 3.66. The van der Waals surface area contributed by atoms with Gasteiger partial charge in [-0.1, -0.05) is 42.5 Å². The van der Waals surface area contributed by atoms with E-state index in [0.29, 0.717) is 11.1 Å². The lowest BCUT2D eigenvalue weighted by molar-refractivity contribution is -0.142. The second-order valence-corrected chi connectivity index (χ2v) is 11.4. The van der Waals surface area contributed by atoms with Crippen LogP contribution in [0.4, 0.5) is 0 Å². The van der Waals surface area contributed by atoms with Crippen molar-refractivity contribution in [2.75, 3.05) is 0 Å². The van der Waals surface area contributed by atoms with Gasteiger partial charge in [-0.05, 0) is 72.5 Å². The number of hydrogen-bond donors (Lipinski definition) is 1. The number of ketones is 1. The molecule has 4 unspecified atom stereocenters. The molecule has 0 saturated carbocycles. The molecule has 0 radical (unpaired) electrons. The summed E-state index contributed by atoms with van der Waals surface area (Å²) in [6.07, 6.45) is 0. The number of carboxylic acids is 1. The average molecular weight is 530 g/mol. The zero-order valence-electron chi connectivity index (χ0n) is 20.8. The van der Waals surface area contributed by atoms with E-state index in [0.717, 1.165) is 26.4 Å². The van der Waals surface area contributed by atoms with Crippen LogP contribution < -0.4 is 0 Å². The predicted molar refractivity (Wildman–Crippen MR) is 147 cm³/mol. The number of carbonyl (C=O) groups excluding carboxylic acids is 2. The molecule has 1 N–H and O–H groups in total. The van der Waals surface area contributed by atoms with Crippen LogP contribution in [-0.4, -0.2) is 33.7 Å². The van der Waals surface area contributed by atoms with Crippen molar-refractivity contribution < 1.29 is 19.5 Å². The minimum Gasteiger partial charge on any atom is -0.480 e. The van der Waals surface area contributed by atoms with Crippen molar-refractivity contribution in [2.45, 2.75) is 38.8 Å². The minimum atomic E-state index is -1.20. The molecular weight excluding hydrogens is 502 g/mol. The smallest absolute Gasteiger partial charge is 0.327 e. The van der Waals surface area contributed by atoms with E-state index < -0.39 is 29.9 Å². The Kier molecular flexibility index (Phi) is 6.84. The highest BCUT2D eigenvalue weighted by atomic mass is 32.1. The van der Waals surface area contributed by atoms with Gasteiger partial charge in [0.15, 0.2) is 5.78 Å². The molecule has 2 aromatic heterocycles. The Morgan fingerprint density at radius 1 is 0.757 bits per heavy atom. The fraction of sp³-hybridized carbons (Fsp3) is 0.233. The van der Waals surface area contributed by atoms with E-state index >= 15 is 0 Å². The Morgan fingerprint density at radius 3 is 1.92 bits per heavy atom. The molecule has 37 heavy (non-hydrogen) atoms. The SMILES string of the molecule is Cc1ccccc1C(=O)C1C(c2sccc2C)C(C(=O)O)N(C(=O)c2ccccc2)C1c1sccc1C. The van der Waals surface area contributed by atoms with Gasteiger partial charge in [-0.25, -0.2) is 4.79 Å². The van der Waals surface area contributed by atoms with Crippen molar-refractivity contribution >= 4 is 40.3 Å². The Labute approximate surface area is 224 Å². The number of carboxylic acid groups (broad SMARTS) is 1. The number of aliphatic carboxylic acids is 1. The second kappa shape index (κ2) is 10.1. The summed E-state index contributed by atoms with van der Waals surface area (Å²) in [6.45, 7) is 5.78. The van der Waals surface area contributed by atoms with E-state index in [1.54, 1.807) is 30.3 Å². The fourth-order valence-electron chi connectivity index (χ4n) is 5.51. The number of thiophene rings is 2. The number of nitrogens with zero attached hydrogens (tertiary/aromatic N) is 1. The molecule has 3 heterocycles. The van der Waals surface area contributed by atoms with Crippen LogP contribution in [0.2, 0.25) is 0 Å². The van der Waals surface area contributed by atoms with Gasteiger partial charge in [-0.15, -0.1) is 22.7 Å². The standard InChI is InChI=1S/C30H27NO4S2/c1-17-9-7-8-12-21(17)26(32)22-23(27-18(2)13-15-36-27)25(30(34)35)31(24(22)28-19(3)14-16-37-28)29(33)20-10-5-4-6-11-20/h4-16,22-25H,1-3H3,(H,34,35). The van der Waals surface area contributed by atoms with Crippen LogP contribution in [0.15, 0.2) is 77.5 Å². The summed E-state index contributed by atoms with van der Waals surface area (Å²) in [5.74, 6) is -3.08. The van der Waals surface area contributed by atoms with Crippen LogP contribution in [0.3, 0.4) is 0 Å². The number of likely N-dealkylation sites (tertiary alicyclic amines) is 1. The molecule has 1 aliphatic heterocycles. The molecule has 7 heteroatoms. The van der Waals surface area contributed by atoms with Crippen LogP contribution in [0.5, 0.6) is 0 Å². The normalized spacial score (nSPS) is 21.2. The van der Waals surface area contributed by atoms with Crippen molar-refractivity contribution in [3.05, 3.63) is 115 Å². The van der Waals surface area contributed by atoms with Crippen LogP contribution in [0.1, 0.15) is 59.1 Å². The summed E-state index contributed by atoms with van der Waals surface area (Å²) in [6, 6.07) is 18.1. The number of Topliss-reactive ketones (excluding diaryl/α,β-unsaturated/α-hetero) is 1. The number of carbonyl (C=O) groups is 3. The van der Waals surface area contributed by atoms with Crippen LogP contribution in [0.25, 0.3) is 0 Å². The third-order valence-corrected chi connectivity index (χ3v) is 9.47. The number of hydrogen-bond acceptors (Lipinski definition) is 5. The molecule has 4 aromatic rings. The molecular formula is C30H27NO4S2. The molecule has 0 bridgehead atoms. The largest absolute Gasteiger partial charge is 0.480 e. The molecule has 1 amide bonds. The first-order chi connectivity index (χ1) is 17.8. The zero-order chi connectivity index (χ0) is 26.3. The maximum absolute atomic E-state index is 14.5. The Bertz CT molecular complexity index is 1470. The summed E-state index contributed by atoms with van der Waals surface area (Å²) in [4.78, 5) is 44.8. The third kappa shape index (κ3) is 4.32. The van der Waals surface area contributed by atoms with E-state index in [1.165, 1.54) is 27.6 Å². The quantitative estimate of drug-likeness (QED) is 0.283. The lowest BCUT2D eigenvalue weighted by Gasteiger charge is -2.30. The van der Waals surface area contributed by atoms with Gasteiger partial charge in [-0.2, -0.15) is 0 Å². The first-order valence-corrected chi connectivity index (χ1v) is 13.9. The number of rotatable bonds is 6. The van der Waals surface area contributed by atoms with E-state index in [-0.39, 0.29) is 11.7 Å². The molecule has 2 aromatic carbocycles. The first-order valence-electron chi connectivity index (χ1n) is 12.1. The topological polar surface area (TPSA) is 74.7 Å². The summed E-state index contributed by atoms with van der Waals surface area (Å²) >= 11 is 2.92. The number of benzene rings is 2. The Hall–Kier alpha value is -3.55. The van der Waals surface area contributed by atoms with Crippen molar-refractivity contribution in [1.82, 2.24) is 4.90 Å². The Balaban J connectivity index is 1.79. The van der Waals surface area contributed by atoms with Crippen molar-refractivity contribution in [1.29, 1.82) is 0 Å². The summed E-state index contributed by atoms with van der Waals surface area (Å²) in [5, 5.41) is 14.5. The molecule has 1 aliphatic rings. The van der Waals surface area contributed by atoms with Gasteiger partial charge in [-0.3, -0.25) is 9.59 Å². The maximum atomic E-state index is 14.5. The van der Waals surface area contributed by atoms with Gasteiger partial charge < -0.3 is 10.0 Å². The van der Waals surface area contributed by atoms with E-state index in [4.69, 9.17) is 0 Å². The van der Waals surface area contributed by atoms with Crippen molar-refractivity contribution in [2.24, 2.45) is 5.92 Å². The lowest BCUT2D eigenvalue weighted by Crippen LogP contribution is -2.43. The maximum Gasteiger partial charge on any atom is 0.327 e. The third-order valence-electron chi connectivity index (χ3n) is 7.26. The summed E-state index contributed by atoms with van der Waals surface area (Å²) < 4.78 is 0. The minimum absolute atomic E-state index is 0.136. The van der Waals surface area contributed by atoms with Crippen LogP contribution in [-0.2, 0) is 4.79 Å².